The zero-order valence-electron chi connectivity index (χ0n) is 9.27. The maximum absolute atomic E-state index is 9.20. The van der Waals surface area contributed by atoms with Gasteiger partial charge in [-0.05, 0) is 42.7 Å². The normalized spacial score (nSPS) is 10.3. The van der Waals surface area contributed by atoms with Crippen LogP contribution in [0, 0.1) is 6.92 Å². The van der Waals surface area contributed by atoms with Gasteiger partial charge in [-0.1, -0.05) is 29.8 Å². The molecule has 0 heterocycles. The Labute approximate surface area is 95.4 Å². The molecule has 0 amide bonds. The molecule has 0 fully saturated rings. The topological polar surface area (TPSA) is 46.2 Å². The van der Waals surface area contributed by atoms with Gasteiger partial charge >= 0.3 is 0 Å². The summed E-state index contributed by atoms with van der Waals surface area (Å²) in [5.74, 6) is 0.293. The maximum atomic E-state index is 9.20. The monoisotopic (exact) mass is 213 g/mol. The van der Waals surface area contributed by atoms with Crippen molar-refractivity contribution in [2.24, 2.45) is 0 Å². The number of hydrogen-bond donors (Lipinski definition) is 2. The zero-order chi connectivity index (χ0) is 11.5. The first-order chi connectivity index (χ1) is 7.65. The van der Waals surface area contributed by atoms with Crippen LogP contribution in [0.25, 0.3) is 0 Å². The molecule has 82 valence electrons. The molecular formula is C14H15NO. The molecule has 2 aromatic carbocycles. The lowest BCUT2D eigenvalue weighted by molar-refractivity contribution is 0.475. The molecule has 0 aliphatic rings. The van der Waals surface area contributed by atoms with Crippen LogP contribution in [0.5, 0.6) is 5.75 Å². The molecule has 0 spiro atoms. The lowest BCUT2D eigenvalue weighted by Crippen LogP contribution is -1.96. The van der Waals surface area contributed by atoms with E-state index in [0.717, 1.165) is 23.2 Å². The maximum Gasteiger partial charge on any atom is 0.115 e. The lowest BCUT2D eigenvalue weighted by Gasteiger charge is -2.07. The average Bonchev–Trinajstić information content (AvgIpc) is 2.27. The highest BCUT2D eigenvalue weighted by Gasteiger charge is 2.01. The van der Waals surface area contributed by atoms with E-state index in [2.05, 4.69) is 13.0 Å². The van der Waals surface area contributed by atoms with Crippen molar-refractivity contribution >= 4 is 5.69 Å². The van der Waals surface area contributed by atoms with E-state index >= 15 is 0 Å². The van der Waals surface area contributed by atoms with Gasteiger partial charge in [0.2, 0.25) is 0 Å². The summed E-state index contributed by atoms with van der Waals surface area (Å²) >= 11 is 0. The molecule has 2 heteroatoms. The summed E-state index contributed by atoms with van der Waals surface area (Å²) in [4.78, 5) is 0. The smallest absolute Gasteiger partial charge is 0.115 e. The summed E-state index contributed by atoms with van der Waals surface area (Å²) in [5.41, 5.74) is 10.2. The Morgan fingerprint density at radius 3 is 2.44 bits per heavy atom. The minimum absolute atomic E-state index is 0.293. The summed E-state index contributed by atoms with van der Waals surface area (Å²) in [6.45, 7) is 2.06. The number of nitrogen functional groups attached to an aromatic ring is 1. The average molecular weight is 213 g/mol. The highest BCUT2D eigenvalue weighted by molar-refractivity contribution is 5.50. The van der Waals surface area contributed by atoms with Gasteiger partial charge in [-0.25, -0.2) is 0 Å². The van der Waals surface area contributed by atoms with Crippen LogP contribution in [-0.2, 0) is 6.42 Å². The fourth-order valence-corrected chi connectivity index (χ4v) is 1.72. The molecule has 0 aliphatic carbocycles. The molecule has 3 N–H and O–H groups in total. The fraction of sp³-hybridized carbons (Fsp3) is 0.143. The SMILES string of the molecule is Cc1ccc(N)c(Cc2ccc(O)cc2)c1. The van der Waals surface area contributed by atoms with Crippen molar-refractivity contribution in [2.75, 3.05) is 5.73 Å². The van der Waals surface area contributed by atoms with Crippen molar-refractivity contribution in [3.05, 3.63) is 59.2 Å². The zero-order valence-corrected chi connectivity index (χ0v) is 9.27. The number of phenolic OH excluding ortho intramolecular Hbond substituents is 1. The summed E-state index contributed by atoms with van der Waals surface area (Å²) in [7, 11) is 0. The van der Waals surface area contributed by atoms with E-state index in [1.165, 1.54) is 5.56 Å². The quantitative estimate of drug-likeness (QED) is 0.753. The molecule has 0 unspecified atom stereocenters. The van der Waals surface area contributed by atoms with E-state index in [-0.39, 0.29) is 0 Å². The summed E-state index contributed by atoms with van der Waals surface area (Å²) in [5, 5.41) is 9.20. The third kappa shape index (κ3) is 2.34. The Bertz CT molecular complexity index is 489. The molecule has 0 bridgehead atoms. The van der Waals surface area contributed by atoms with Crippen LogP contribution in [0.1, 0.15) is 16.7 Å². The van der Waals surface area contributed by atoms with Gasteiger partial charge in [-0.2, -0.15) is 0 Å². The second kappa shape index (κ2) is 4.27. The van der Waals surface area contributed by atoms with Crippen molar-refractivity contribution in [2.45, 2.75) is 13.3 Å². The van der Waals surface area contributed by atoms with E-state index < -0.39 is 0 Å². The fourth-order valence-electron chi connectivity index (χ4n) is 1.72. The Kier molecular flexibility index (Phi) is 2.82. The van der Waals surface area contributed by atoms with E-state index in [9.17, 15) is 5.11 Å². The van der Waals surface area contributed by atoms with Crippen LogP contribution in [0.3, 0.4) is 0 Å². The molecule has 0 saturated heterocycles. The van der Waals surface area contributed by atoms with Crippen LogP contribution in [0.4, 0.5) is 5.69 Å². The number of phenols is 1. The van der Waals surface area contributed by atoms with Crippen LogP contribution in [0.2, 0.25) is 0 Å². The van der Waals surface area contributed by atoms with Gasteiger partial charge < -0.3 is 10.8 Å². The van der Waals surface area contributed by atoms with Crippen molar-refractivity contribution < 1.29 is 5.11 Å². The number of aromatic hydroxyl groups is 1. The van der Waals surface area contributed by atoms with Gasteiger partial charge in [0, 0.05) is 5.69 Å². The van der Waals surface area contributed by atoms with Crippen molar-refractivity contribution in [1.29, 1.82) is 0 Å². The van der Waals surface area contributed by atoms with Gasteiger partial charge in [-0.15, -0.1) is 0 Å². The third-order valence-corrected chi connectivity index (χ3v) is 2.63. The standard InChI is InChI=1S/C14H15NO/c1-10-2-7-14(15)12(8-10)9-11-3-5-13(16)6-4-11/h2-8,16H,9,15H2,1H3. The highest BCUT2D eigenvalue weighted by atomic mass is 16.3. The van der Waals surface area contributed by atoms with Crippen molar-refractivity contribution in [3.63, 3.8) is 0 Å². The van der Waals surface area contributed by atoms with Gasteiger partial charge in [0.15, 0.2) is 0 Å². The van der Waals surface area contributed by atoms with Crippen molar-refractivity contribution in [1.82, 2.24) is 0 Å². The van der Waals surface area contributed by atoms with Crippen LogP contribution < -0.4 is 5.73 Å². The predicted octanol–water partition coefficient (Wildman–Crippen LogP) is 2.87. The lowest BCUT2D eigenvalue weighted by atomic mass is 10.0. The number of rotatable bonds is 2. The van der Waals surface area contributed by atoms with Crippen LogP contribution in [0.15, 0.2) is 42.5 Å². The van der Waals surface area contributed by atoms with Gasteiger partial charge in [0.1, 0.15) is 5.75 Å². The minimum Gasteiger partial charge on any atom is -0.508 e. The molecule has 0 radical (unpaired) electrons. The van der Waals surface area contributed by atoms with Crippen molar-refractivity contribution in [3.8, 4) is 5.75 Å². The predicted molar refractivity (Wildman–Crippen MR) is 66.5 cm³/mol. The van der Waals surface area contributed by atoms with E-state index in [0.29, 0.717) is 5.75 Å². The second-order valence-electron chi connectivity index (χ2n) is 4.05. The minimum atomic E-state index is 0.293. The molecule has 0 aromatic heterocycles. The van der Waals surface area contributed by atoms with Crippen LogP contribution >= 0.6 is 0 Å². The van der Waals surface area contributed by atoms with Gasteiger partial charge in [0.25, 0.3) is 0 Å². The second-order valence-corrected chi connectivity index (χ2v) is 4.05. The first-order valence-electron chi connectivity index (χ1n) is 5.28. The summed E-state index contributed by atoms with van der Waals surface area (Å²) in [6, 6.07) is 13.3. The molecule has 2 rings (SSSR count). The molecular weight excluding hydrogens is 198 g/mol. The molecule has 0 aliphatic heterocycles. The number of benzene rings is 2. The van der Waals surface area contributed by atoms with E-state index in [1.807, 2.05) is 24.3 Å². The first kappa shape index (κ1) is 10.6. The number of anilines is 1. The number of nitrogens with two attached hydrogens (primary N) is 1. The van der Waals surface area contributed by atoms with E-state index in [1.54, 1.807) is 12.1 Å². The van der Waals surface area contributed by atoms with E-state index in [4.69, 9.17) is 5.73 Å². The Morgan fingerprint density at radius 1 is 1.06 bits per heavy atom. The largest absolute Gasteiger partial charge is 0.508 e. The first-order valence-corrected chi connectivity index (χ1v) is 5.28. The Hall–Kier alpha value is -1.96. The molecule has 2 nitrogen and oxygen atoms in total. The third-order valence-electron chi connectivity index (χ3n) is 2.63. The summed E-state index contributed by atoms with van der Waals surface area (Å²) < 4.78 is 0. The van der Waals surface area contributed by atoms with Gasteiger partial charge in [0.05, 0.1) is 0 Å². The molecule has 0 saturated carbocycles. The van der Waals surface area contributed by atoms with Crippen LogP contribution in [-0.4, -0.2) is 5.11 Å². The summed E-state index contributed by atoms with van der Waals surface area (Å²) in [6.07, 6.45) is 0.799. The number of aryl methyl sites for hydroxylation is 1. The van der Waals surface area contributed by atoms with Gasteiger partial charge in [-0.3, -0.25) is 0 Å². The highest BCUT2D eigenvalue weighted by Crippen LogP contribution is 2.19. The molecule has 2 aromatic rings. The molecule has 0 atom stereocenters. The Balaban J connectivity index is 2.26. The number of hydrogen-bond acceptors (Lipinski definition) is 2. The molecule has 16 heavy (non-hydrogen) atoms. The Morgan fingerprint density at radius 2 is 1.75 bits per heavy atom.